The topological polar surface area (TPSA) is 87.5 Å². The number of primary amides is 1. The lowest BCUT2D eigenvalue weighted by Gasteiger charge is -2.34. The van der Waals surface area contributed by atoms with Gasteiger partial charge in [-0.15, -0.1) is 0 Å². The standard InChI is InChI=1S/C25H19F5N4O2/c1-34-12-11-24(33-34,25(28,29)30)18-7-4-6-16(22(31)35)21(18)23(36)32-20-8-3-2-5-15(20)17-13-14(26)9-10-19(17)27/h2-13,33H,1H3,(H2,31,35)(H,32,36). The second-order valence-electron chi connectivity index (χ2n) is 8.06. The molecule has 0 spiro atoms. The molecular formula is C25H19F5N4O2. The first kappa shape index (κ1) is 24.9. The van der Waals surface area contributed by atoms with Crippen LogP contribution in [0.25, 0.3) is 11.1 Å². The van der Waals surface area contributed by atoms with Gasteiger partial charge in [0.2, 0.25) is 5.91 Å². The SMILES string of the molecule is CN1C=CC(c2cccc(C(N)=O)c2C(=O)Nc2ccccc2-c2cc(F)ccc2F)(C(F)(F)F)N1. The Hall–Kier alpha value is -4.25. The number of hydrazine groups is 1. The molecule has 0 radical (unpaired) electrons. The summed E-state index contributed by atoms with van der Waals surface area (Å²) in [5.74, 6) is -3.74. The normalized spacial score (nSPS) is 17.3. The Balaban J connectivity index is 1.87. The van der Waals surface area contributed by atoms with E-state index in [0.717, 1.165) is 47.6 Å². The van der Waals surface area contributed by atoms with Crippen LogP contribution in [0.1, 0.15) is 26.3 Å². The second kappa shape index (κ2) is 9.08. The van der Waals surface area contributed by atoms with Gasteiger partial charge in [-0.1, -0.05) is 30.3 Å². The summed E-state index contributed by atoms with van der Waals surface area (Å²) in [6.07, 6.45) is -2.98. The lowest BCUT2D eigenvalue weighted by atomic mass is 9.84. The van der Waals surface area contributed by atoms with Crippen molar-refractivity contribution in [2.24, 2.45) is 5.73 Å². The number of rotatable bonds is 5. The molecule has 36 heavy (non-hydrogen) atoms. The monoisotopic (exact) mass is 502 g/mol. The number of carbonyl (C=O) groups excluding carboxylic acids is 2. The van der Waals surface area contributed by atoms with Crippen LogP contribution in [-0.2, 0) is 5.54 Å². The van der Waals surface area contributed by atoms with Crippen LogP contribution in [0.3, 0.4) is 0 Å². The lowest BCUT2D eigenvalue weighted by molar-refractivity contribution is -0.191. The predicted octanol–water partition coefficient (Wildman–Crippen LogP) is 4.70. The predicted molar refractivity (Wildman–Crippen MR) is 122 cm³/mol. The molecule has 1 aliphatic rings. The Labute approximate surface area is 202 Å². The quantitative estimate of drug-likeness (QED) is 0.442. The number of amides is 2. The minimum atomic E-state index is -4.93. The Kier molecular flexibility index (Phi) is 6.27. The molecule has 3 aromatic rings. The van der Waals surface area contributed by atoms with Gasteiger partial charge in [-0.25, -0.2) is 14.2 Å². The number of nitrogens with zero attached hydrogens (tertiary/aromatic N) is 1. The van der Waals surface area contributed by atoms with E-state index in [1.807, 2.05) is 0 Å². The molecule has 0 aromatic heterocycles. The number of hydrogen-bond donors (Lipinski definition) is 3. The molecular weight excluding hydrogens is 483 g/mol. The van der Waals surface area contributed by atoms with E-state index in [1.165, 1.54) is 37.4 Å². The van der Waals surface area contributed by atoms with Crippen molar-refractivity contribution >= 4 is 17.5 Å². The van der Waals surface area contributed by atoms with Gasteiger partial charge in [0.1, 0.15) is 11.6 Å². The minimum absolute atomic E-state index is 0.0228. The van der Waals surface area contributed by atoms with Gasteiger partial charge in [0, 0.05) is 35.6 Å². The molecule has 186 valence electrons. The highest BCUT2D eigenvalue weighted by atomic mass is 19.4. The number of hydrogen-bond acceptors (Lipinski definition) is 4. The molecule has 1 atom stereocenters. The van der Waals surface area contributed by atoms with Gasteiger partial charge in [0.25, 0.3) is 5.91 Å². The van der Waals surface area contributed by atoms with E-state index in [1.54, 1.807) is 0 Å². The third-order valence-electron chi connectivity index (χ3n) is 5.72. The summed E-state index contributed by atoms with van der Waals surface area (Å²) in [4.78, 5) is 25.6. The molecule has 0 saturated carbocycles. The fraction of sp³-hybridized carbons (Fsp3) is 0.120. The Morgan fingerprint density at radius 1 is 1.00 bits per heavy atom. The van der Waals surface area contributed by atoms with Gasteiger partial charge in [-0.2, -0.15) is 13.2 Å². The lowest BCUT2D eigenvalue weighted by Crippen LogP contribution is -2.54. The third kappa shape index (κ3) is 4.29. The average Bonchev–Trinajstić information content (AvgIpc) is 3.23. The van der Waals surface area contributed by atoms with Crippen molar-refractivity contribution in [3.63, 3.8) is 0 Å². The number of nitrogens with one attached hydrogen (secondary N) is 2. The zero-order valence-corrected chi connectivity index (χ0v) is 18.7. The largest absolute Gasteiger partial charge is 0.416 e. The van der Waals surface area contributed by atoms with Crippen molar-refractivity contribution in [1.29, 1.82) is 0 Å². The second-order valence-corrected chi connectivity index (χ2v) is 8.06. The van der Waals surface area contributed by atoms with Crippen molar-refractivity contribution in [2.75, 3.05) is 12.4 Å². The Morgan fingerprint density at radius 2 is 1.72 bits per heavy atom. The van der Waals surface area contributed by atoms with Crippen LogP contribution < -0.4 is 16.5 Å². The Morgan fingerprint density at radius 3 is 2.36 bits per heavy atom. The van der Waals surface area contributed by atoms with Crippen molar-refractivity contribution in [2.45, 2.75) is 11.7 Å². The van der Waals surface area contributed by atoms with Gasteiger partial charge in [-0.05, 0) is 36.4 Å². The van der Waals surface area contributed by atoms with Gasteiger partial charge in [0.15, 0.2) is 5.54 Å². The number of halogens is 5. The number of nitrogens with two attached hydrogens (primary N) is 1. The number of anilines is 1. The minimum Gasteiger partial charge on any atom is -0.366 e. The highest BCUT2D eigenvalue weighted by molar-refractivity contribution is 6.14. The van der Waals surface area contributed by atoms with Crippen LogP contribution >= 0.6 is 0 Å². The van der Waals surface area contributed by atoms with E-state index in [4.69, 9.17) is 5.73 Å². The van der Waals surface area contributed by atoms with Crippen molar-refractivity contribution in [3.8, 4) is 11.1 Å². The maximum atomic E-state index is 14.5. The van der Waals surface area contributed by atoms with Crippen LogP contribution in [0.15, 0.2) is 72.9 Å². The fourth-order valence-electron chi connectivity index (χ4n) is 4.08. The van der Waals surface area contributed by atoms with Gasteiger partial charge in [-0.3, -0.25) is 9.59 Å². The number of para-hydroxylation sites is 1. The molecule has 0 fully saturated rings. The number of alkyl halides is 3. The highest BCUT2D eigenvalue weighted by Gasteiger charge is 2.58. The van der Waals surface area contributed by atoms with E-state index >= 15 is 0 Å². The van der Waals surface area contributed by atoms with Crippen molar-refractivity contribution < 1.29 is 31.5 Å². The summed E-state index contributed by atoms with van der Waals surface area (Å²) in [5.41, 5.74) is 3.08. The fourth-order valence-corrected chi connectivity index (χ4v) is 4.08. The third-order valence-corrected chi connectivity index (χ3v) is 5.72. The molecule has 2 amide bonds. The molecule has 4 N–H and O–H groups in total. The Bertz CT molecular complexity index is 1390. The first-order valence-corrected chi connectivity index (χ1v) is 10.5. The molecule has 1 aliphatic heterocycles. The number of benzene rings is 3. The van der Waals surface area contributed by atoms with E-state index in [9.17, 15) is 31.5 Å². The summed E-state index contributed by atoms with van der Waals surface area (Å²) in [7, 11) is 1.34. The first-order chi connectivity index (χ1) is 16.9. The summed E-state index contributed by atoms with van der Waals surface area (Å²) in [6, 6.07) is 11.9. The molecule has 3 aromatic carbocycles. The highest BCUT2D eigenvalue weighted by Crippen LogP contribution is 2.44. The van der Waals surface area contributed by atoms with Crippen LogP contribution in [-0.4, -0.2) is 30.0 Å². The summed E-state index contributed by atoms with van der Waals surface area (Å²) < 4.78 is 71.4. The van der Waals surface area contributed by atoms with Crippen LogP contribution in [0.2, 0.25) is 0 Å². The summed E-state index contributed by atoms with van der Waals surface area (Å²) in [6.45, 7) is 0. The zero-order chi connectivity index (χ0) is 26.3. The molecule has 11 heteroatoms. The smallest absolute Gasteiger partial charge is 0.366 e. The van der Waals surface area contributed by atoms with Gasteiger partial charge >= 0.3 is 6.18 Å². The van der Waals surface area contributed by atoms with Crippen LogP contribution in [0.4, 0.5) is 27.6 Å². The molecule has 0 bridgehead atoms. The van der Waals surface area contributed by atoms with E-state index in [-0.39, 0.29) is 16.8 Å². The molecule has 1 unspecified atom stereocenters. The van der Waals surface area contributed by atoms with E-state index in [2.05, 4.69) is 10.7 Å². The molecule has 6 nitrogen and oxygen atoms in total. The zero-order valence-electron chi connectivity index (χ0n) is 18.7. The molecule has 1 heterocycles. The summed E-state index contributed by atoms with van der Waals surface area (Å²) in [5, 5.41) is 3.51. The maximum Gasteiger partial charge on any atom is 0.416 e. The van der Waals surface area contributed by atoms with Crippen molar-refractivity contribution in [1.82, 2.24) is 10.4 Å². The van der Waals surface area contributed by atoms with Crippen molar-refractivity contribution in [3.05, 3.63) is 101 Å². The van der Waals surface area contributed by atoms with Gasteiger partial charge < -0.3 is 16.1 Å². The first-order valence-electron chi connectivity index (χ1n) is 10.5. The van der Waals surface area contributed by atoms with Gasteiger partial charge in [0.05, 0.1) is 11.1 Å². The maximum absolute atomic E-state index is 14.5. The average molecular weight is 502 g/mol. The molecule has 0 saturated heterocycles. The van der Waals surface area contributed by atoms with E-state index < -0.39 is 51.9 Å². The summed E-state index contributed by atoms with van der Waals surface area (Å²) >= 11 is 0. The van der Waals surface area contributed by atoms with Crippen LogP contribution in [0.5, 0.6) is 0 Å². The van der Waals surface area contributed by atoms with E-state index in [0.29, 0.717) is 0 Å². The molecule has 0 aliphatic carbocycles. The molecule has 4 rings (SSSR count). The number of carbonyl (C=O) groups is 2. The van der Waals surface area contributed by atoms with Crippen LogP contribution in [0, 0.1) is 11.6 Å².